The summed E-state index contributed by atoms with van der Waals surface area (Å²) in [6.07, 6.45) is 0. The van der Waals surface area contributed by atoms with Crippen LogP contribution in [0, 0.1) is 6.92 Å². The summed E-state index contributed by atoms with van der Waals surface area (Å²) >= 11 is 9.37. The minimum atomic E-state index is -3.84. The molecule has 0 unspecified atom stereocenters. The molecule has 0 saturated heterocycles. The number of nitrogens with one attached hydrogen (secondary N) is 2. The fourth-order valence-corrected chi connectivity index (χ4v) is 3.98. The molecule has 3 aromatic carbocycles. The van der Waals surface area contributed by atoms with Crippen molar-refractivity contribution in [3.63, 3.8) is 0 Å². The fourth-order valence-electron chi connectivity index (χ4n) is 2.46. The van der Waals surface area contributed by atoms with Gasteiger partial charge in [-0.05, 0) is 61.0 Å². The summed E-state index contributed by atoms with van der Waals surface area (Å²) in [5.41, 5.74) is 1.79. The lowest BCUT2D eigenvalue weighted by Gasteiger charge is -2.13. The van der Waals surface area contributed by atoms with Crippen molar-refractivity contribution < 1.29 is 13.2 Å². The van der Waals surface area contributed by atoms with E-state index in [0.29, 0.717) is 10.7 Å². The third kappa shape index (κ3) is 4.73. The van der Waals surface area contributed by atoms with Gasteiger partial charge >= 0.3 is 0 Å². The molecular formula is C20H16BrClN2O3S. The van der Waals surface area contributed by atoms with Gasteiger partial charge in [-0.1, -0.05) is 45.7 Å². The van der Waals surface area contributed by atoms with Gasteiger partial charge in [-0.2, -0.15) is 0 Å². The Morgan fingerprint density at radius 3 is 2.36 bits per heavy atom. The normalized spacial score (nSPS) is 11.1. The molecule has 0 aliphatic heterocycles. The molecule has 0 aromatic heterocycles. The number of para-hydroxylation sites is 1. The first kappa shape index (κ1) is 20.4. The molecule has 0 aliphatic rings. The van der Waals surface area contributed by atoms with Crippen molar-refractivity contribution in [3.05, 3.63) is 87.4 Å². The lowest BCUT2D eigenvalue weighted by atomic mass is 10.1. The van der Waals surface area contributed by atoms with Gasteiger partial charge < -0.3 is 5.32 Å². The van der Waals surface area contributed by atoms with Gasteiger partial charge in [0.2, 0.25) is 0 Å². The molecule has 1 amide bonds. The average Bonchev–Trinajstić information content (AvgIpc) is 2.65. The van der Waals surface area contributed by atoms with E-state index in [1.807, 2.05) is 6.92 Å². The van der Waals surface area contributed by atoms with Crippen LogP contribution in [0.3, 0.4) is 0 Å². The molecule has 8 heteroatoms. The molecule has 28 heavy (non-hydrogen) atoms. The molecule has 0 fully saturated rings. The number of sulfonamides is 1. The van der Waals surface area contributed by atoms with E-state index in [1.54, 1.807) is 48.5 Å². The number of anilines is 2. The Morgan fingerprint density at radius 2 is 1.68 bits per heavy atom. The first-order valence-electron chi connectivity index (χ1n) is 8.21. The zero-order valence-electron chi connectivity index (χ0n) is 14.7. The maximum atomic E-state index is 12.7. The Kier molecular flexibility index (Phi) is 6.07. The van der Waals surface area contributed by atoms with E-state index in [-0.39, 0.29) is 16.1 Å². The lowest BCUT2D eigenvalue weighted by molar-refractivity contribution is 0.102. The van der Waals surface area contributed by atoms with Crippen LogP contribution in [-0.4, -0.2) is 14.3 Å². The molecule has 0 bridgehead atoms. The third-order valence-corrected chi connectivity index (χ3v) is 6.29. The number of hydrogen-bond donors (Lipinski definition) is 2. The van der Waals surface area contributed by atoms with E-state index in [4.69, 9.17) is 11.6 Å². The maximum Gasteiger partial charge on any atom is 0.261 e. The molecule has 5 nitrogen and oxygen atoms in total. The minimum Gasteiger partial charge on any atom is -0.322 e. The quantitative estimate of drug-likeness (QED) is 0.510. The maximum absolute atomic E-state index is 12.7. The van der Waals surface area contributed by atoms with Crippen LogP contribution in [0.2, 0.25) is 5.02 Å². The molecule has 0 atom stereocenters. The van der Waals surface area contributed by atoms with Gasteiger partial charge in [0, 0.05) is 15.2 Å². The Morgan fingerprint density at radius 1 is 1.00 bits per heavy atom. The van der Waals surface area contributed by atoms with E-state index < -0.39 is 15.9 Å². The first-order valence-corrected chi connectivity index (χ1v) is 10.9. The van der Waals surface area contributed by atoms with Crippen LogP contribution in [0.15, 0.2) is 76.1 Å². The van der Waals surface area contributed by atoms with Crippen LogP contribution < -0.4 is 10.0 Å². The number of hydrogen-bond acceptors (Lipinski definition) is 3. The van der Waals surface area contributed by atoms with Gasteiger partial charge in [0.15, 0.2) is 0 Å². The van der Waals surface area contributed by atoms with Gasteiger partial charge in [-0.25, -0.2) is 8.42 Å². The molecule has 144 valence electrons. The second-order valence-electron chi connectivity index (χ2n) is 6.02. The van der Waals surface area contributed by atoms with Crippen LogP contribution in [0.5, 0.6) is 0 Å². The highest BCUT2D eigenvalue weighted by molar-refractivity contribution is 9.10. The number of amides is 1. The molecule has 3 aromatic rings. The smallest absolute Gasteiger partial charge is 0.261 e. The lowest BCUT2D eigenvalue weighted by Crippen LogP contribution is -2.18. The van der Waals surface area contributed by atoms with Crippen molar-refractivity contribution in [2.75, 3.05) is 10.0 Å². The highest BCUT2D eigenvalue weighted by Gasteiger charge is 2.18. The third-order valence-electron chi connectivity index (χ3n) is 3.97. The Balaban J connectivity index is 1.87. The van der Waals surface area contributed by atoms with Crippen molar-refractivity contribution in [2.24, 2.45) is 0 Å². The van der Waals surface area contributed by atoms with Gasteiger partial charge in [0.25, 0.3) is 15.9 Å². The van der Waals surface area contributed by atoms with E-state index in [2.05, 4.69) is 26.0 Å². The highest BCUT2D eigenvalue weighted by atomic mass is 79.9. The van der Waals surface area contributed by atoms with E-state index in [9.17, 15) is 13.2 Å². The second kappa shape index (κ2) is 8.34. The topological polar surface area (TPSA) is 75.3 Å². The minimum absolute atomic E-state index is 0.0937. The van der Waals surface area contributed by atoms with E-state index >= 15 is 0 Å². The molecule has 0 heterocycles. The molecule has 0 saturated carbocycles. The van der Waals surface area contributed by atoms with Crippen LogP contribution in [0.25, 0.3) is 0 Å². The van der Waals surface area contributed by atoms with Crippen LogP contribution >= 0.6 is 27.5 Å². The predicted octanol–water partition coefficient (Wildman–Crippen LogP) is 5.46. The van der Waals surface area contributed by atoms with Crippen molar-refractivity contribution in [3.8, 4) is 0 Å². The van der Waals surface area contributed by atoms with Crippen molar-refractivity contribution in [1.29, 1.82) is 0 Å². The number of aryl methyl sites for hydroxylation is 1. The Labute approximate surface area is 176 Å². The van der Waals surface area contributed by atoms with Gasteiger partial charge in [0.05, 0.1) is 16.1 Å². The first-order chi connectivity index (χ1) is 13.3. The van der Waals surface area contributed by atoms with E-state index in [0.717, 1.165) is 10.0 Å². The standard InChI is InChI=1S/C20H16BrClN2O3S/c1-13-6-9-15(12-18(13)22)23-20(25)17-4-2-3-5-19(17)24-28(26,27)16-10-7-14(21)8-11-16/h2-12,24H,1H3,(H,23,25). The summed E-state index contributed by atoms with van der Waals surface area (Å²) in [6, 6.07) is 17.8. The predicted molar refractivity (Wildman–Crippen MR) is 116 cm³/mol. The fraction of sp³-hybridized carbons (Fsp3) is 0.0500. The number of rotatable bonds is 5. The van der Waals surface area contributed by atoms with Gasteiger partial charge in [-0.3, -0.25) is 9.52 Å². The summed E-state index contributed by atoms with van der Waals surface area (Å²) in [7, 11) is -3.84. The Bertz CT molecular complexity index is 1130. The summed E-state index contributed by atoms with van der Waals surface area (Å²) in [4.78, 5) is 12.8. The molecule has 2 N–H and O–H groups in total. The summed E-state index contributed by atoms with van der Waals surface area (Å²) in [5.74, 6) is -0.450. The average molecular weight is 480 g/mol. The molecule has 3 rings (SSSR count). The zero-order valence-corrected chi connectivity index (χ0v) is 17.9. The van der Waals surface area contributed by atoms with Crippen molar-refractivity contribution in [2.45, 2.75) is 11.8 Å². The summed E-state index contributed by atoms with van der Waals surface area (Å²) in [6.45, 7) is 1.86. The molecule has 0 spiro atoms. The largest absolute Gasteiger partial charge is 0.322 e. The summed E-state index contributed by atoms with van der Waals surface area (Å²) in [5, 5.41) is 3.26. The second-order valence-corrected chi connectivity index (χ2v) is 9.03. The number of benzene rings is 3. The van der Waals surface area contributed by atoms with Gasteiger partial charge in [-0.15, -0.1) is 0 Å². The van der Waals surface area contributed by atoms with Crippen LogP contribution in [0.4, 0.5) is 11.4 Å². The number of carbonyl (C=O) groups excluding carboxylic acids is 1. The SMILES string of the molecule is Cc1ccc(NC(=O)c2ccccc2NS(=O)(=O)c2ccc(Br)cc2)cc1Cl. The molecule has 0 radical (unpaired) electrons. The van der Waals surface area contributed by atoms with Crippen LogP contribution in [0.1, 0.15) is 15.9 Å². The van der Waals surface area contributed by atoms with Gasteiger partial charge in [0.1, 0.15) is 0 Å². The van der Waals surface area contributed by atoms with Crippen molar-refractivity contribution >= 4 is 54.8 Å². The zero-order chi connectivity index (χ0) is 20.3. The Hall–Kier alpha value is -2.35. The highest BCUT2D eigenvalue weighted by Crippen LogP contribution is 2.24. The molecule has 0 aliphatic carbocycles. The van der Waals surface area contributed by atoms with E-state index in [1.165, 1.54) is 18.2 Å². The summed E-state index contributed by atoms with van der Waals surface area (Å²) < 4.78 is 28.6. The monoisotopic (exact) mass is 478 g/mol. The molecular weight excluding hydrogens is 464 g/mol. The van der Waals surface area contributed by atoms with Crippen LogP contribution in [-0.2, 0) is 10.0 Å². The van der Waals surface area contributed by atoms with Crippen molar-refractivity contribution in [1.82, 2.24) is 0 Å². The number of carbonyl (C=O) groups is 1. The number of halogens is 2.